The number of anilines is 1. The molecule has 6 rings (SSSR count). The van der Waals surface area contributed by atoms with Crippen LogP contribution in [0.2, 0.25) is 0 Å². The summed E-state index contributed by atoms with van der Waals surface area (Å²) in [4.78, 5) is 19.7. The number of benzene rings is 3. The number of hydrogen-bond acceptors (Lipinski definition) is 5. The summed E-state index contributed by atoms with van der Waals surface area (Å²) in [6.07, 6.45) is 1.57. The minimum atomic E-state index is -0.0430. The average molecular weight is 478 g/mol. The van der Waals surface area contributed by atoms with Gasteiger partial charge in [0.1, 0.15) is 5.82 Å². The zero-order valence-electron chi connectivity index (χ0n) is 20.2. The van der Waals surface area contributed by atoms with Gasteiger partial charge >= 0.3 is 0 Å². The summed E-state index contributed by atoms with van der Waals surface area (Å²) in [5.41, 5.74) is 6.89. The lowest BCUT2D eigenvalue weighted by molar-refractivity contribution is -0.119. The maximum absolute atomic E-state index is 13.0. The van der Waals surface area contributed by atoms with Crippen molar-refractivity contribution in [2.75, 3.05) is 19.4 Å². The van der Waals surface area contributed by atoms with Crippen molar-refractivity contribution < 1.29 is 4.79 Å². The van der Waals surface area contributed by atoms with Crippen LogP contribution in [0.15, 0.2) is 66.7 Å². The Kier molecular flexibility index (Phi) is 5.58. The van der Waals surface area contributed by atoms with Gasteiger partial charge in [0.25, 0.3) is 0 Å². The molecule has 0 bridgehead atoms. The van der Waals surface area contributed by atoms with Crippen LogP contribution < -0.4 is 5.32 Å². The first kappa shape index (κ1) is 22.2. The molecule has 1 aliphatic carbocycles. The van der Waals surface area contributed by atoms with Gasteiger partial charge in [0.2, 0.25) is 5.91 Å². The van der Waals surface area contributed by atoms with Crippen molar-refractivity contribution >= 4 is 22.5 Å². The Morgan fingerprint density at radius 2 is 1.75 bits per heavy atom. The molecule has 0 radical (unpaired) electrons. The zero-order valence-corrected chi connectivity index (χ0v) is 20.2. The molecule has 0 atom stereocenters. The Bertz CT molecular complexity index is 1540. The number of carbonyl (C=O) groups is 1. The number of aromatic amines is 2. The fraction of sp³-hybridized carbons (Fsp3) is 0.214. The van der Waals surface area contributed by atoms with Gasteiger partial charge < -0.3 is 10.2 Å². The number of rotatable bonds is 6. The number of nitrogens with one attached hydrogen (secondary N) is 3. The van der Waals surface area contributed by atoms with Gasteiger partial charge in [-0.2, -0.15) is 10.2 Å². The van der Waals surface area contributed by atoms with Crippen molar-refractivity contribution in [2.45, 2.75) is 19.4 Å². The van der Waals surface area contributed by atoms with Gasteiger partial charge in [-0.15, -0.1) is 0 Å². The van der Waals surface area contributed by atoms with Crippen molar-refractivity contribution in [3.8, 4) is 22.6 Å². The molecule has 0 saturated carbocycles. The quantitative estimate of drug-likeness (QED) is 0.336. The Morgan fingerprint density at radius 1 is 0.944 bits per heavy atom. The van der Waals surface area contributed by atoms with Crippen LogP contribution in [0.1, 0.15) is 17.0 Å². The molecule has 0 fully saturated rings. The van der Waals surface area contributed by atoms with Gasteiger partial charge in [-0.25, -0.2) is 4.98 Å². The summed E-state index contributed by atoms with van der Waals surface area (Å²) < 4.78 is 0. The molecule has 1 amide bonds. The second-order valence-electron chi connectivity index (χ2n) is 9.62. The van der Waals surface area contributed by atoms with E-state index < -0.39 is 0 Å². The van der Waals surface area contributed by atoms with Crippen LogP contribution in [0, 0.1) is 5.92 Å². The first-order valence-corrected chi connectivity index (χ1v) is 12.1. The summed E-state index contributed by atoms with van der Waals surface area (Å²) in [5.74, 6) is 1.48. The van der Waals surface area contributed by atoms with Crippen molar-refractivity contribution in [3.63, 3.8) is 0 Å². The lowest BCUT2D eigenvalue weighted by Gasteiger charge is -2.11. The molecular formula is C28H27N7O. The smallest absolute Gasteiger partial charge is 0.228 e. The van der Waals surface area contributed by atoms with Crippen LogP contribution in [-0.2, 0) is 24.2 Å². The van der Waals surface area contributed by atoms with Gasteiger partial charge in [-0.3, -0.25) is 15.0 Å². The van der Waals surface area contributed by atoms with Crippen molar-refractivity contribution in [1.29, 1.82) is 0 Å². The van der Waals surface area contributed by atoms with E-state index in [1.54, 1.807) is 0 Å². The van der Waals surface area contributed by atoms with E-state index in [-0.39, 0.29) is 11.8 Å². The number of nitrogens with zero attached hydrogens (tertiary/aromatic N) is 4. The largest absolute Gasteiger partial charge is 0.326 e. The van der Waals surface area contributed by atoms with E-state index in [0.29, 0.717) is 12.4 Å². The summed E-state index contributed by atoms with van der Waals surface area (Å²) in [7, 11) is 3.99. The first-order chi connectivity index (χ1) is 17.5. The first-order valence-electron chi connectivity index (χ1n) is 12.1. The normalized spacial score (nSPS) is 13.4. The molecule has 2 aromatic heterocycles. The molecule has 36 heavy (non-hydrogen) atoms. The lowest BCUT2D eigenvalue weighted by Crippen LogP contribution is -2.23. The van der Waals surface area contributed by atoms with E-state index in [2.05, 4.69) is 48.9 Å². The zero-order chi connectivity index (χ0) is 24.6. The number of H-pyrrole nitrogens is 2. The Labute approximate surface area is 208 Å². The van der Waals surface area contributed by atoms with Crippen LogP contribution in [0.3, 0.4) is 0 Å². The van der Waals surface area contributed by atoms with Gasteiger partial charge in [-0.05, 0) is 68.4 Å². The number of aromatic nitrogens is 5. The number of fused-ring (bicyclic) bond motifs is 2. The van der Waals surface area contributed by atoms with Gasteiger partial charge in [-0.1, -0.05) is 36.4 Å². The van der Waals surface area contributed by atoms with E-state index in [1.165, 1.54) is 11.1 Å². The van der Waals surface area contributed by atoms with Gasteiger partial charge in [0.15, 0.2) is 5.82 Å². The number of hydrogen-bond donors (Lipinski definition) is 3. The molecule has 8 heteroatoms. The molecule has 180 valence electrons. The number of carbonyl (C=O) groups excluding carboxylic acids is 1. The predicted octanol–water partition coefficient (Wildman–Crippen LogP) is 4.43. The van der Waals surface area contributed by atoms with E-state index in [0.717, 1.165) is 52.1 Å². The minimum Gasteiger partial charge on any atom is -0.326 e. The van der Waals surface area contributed by atoms with E-state index in [9.17, 15) is 4.79 Å². The van der Waals surface area contributed by atoms with Gasteiger partial charge in [0, 0.05) is 28.1 Å². The summed E-state index contributed by atoms with van der Waals surface area (Å²) in [6.45, 7) is 0.692. The van der Waals surface area contributed by atoms with E-state index in [4.69, 9.17) is 0 Å². The number of amides is 1. The lowest BCUT2D eigenvalue weighted by atomic mass is 10.0. The van der Waals surface area contributed by atoms with Crippen LogP contribution in [0.5, 0.6) is 0 Å². The van der Waals surface area contributed by atoms with Crippen molar-refractivity contribution in [3.05, 3.63) is 83.7 Å². The van der Waals surface area contributed by atoms with E-state index >= 15 is 0 Å². The molecule has 0 spiro atoms. The molecule has 0 saturated heterocycles. The summed E-state index contributed by atoms with van der Waals surface area (Å²) in [6, 6.07) is 22.2. The maximum atomic E-state index is 13.0. The Hall–Kier alpha value is -4.30. The predicted molar refractivity (Wildman–Crippen MR) is 140 cm³/mol. The molecule has 2 heterocycles. The molecule has 1 aliphatic rings. The van der Waals surface area contributed by atoms with Crippen LogP contribution in [0.4, 0.5) is 5.69 Å². The second kappa shape index (κ2) is 9.05. The topological polar surface area (TPSA) is 103 Å². The minimum absolute atomic E-state index is 0.0430. The summed E-state index contributed by atoms with van der Waals surface area (Å²) in [5, 5.41) is 19.2. The molecular weight excluding hydrogens is 450 g/mol. The standard InChI is InChI=1S/C28H27N7O/c1-35(2)16-25-30-27(34-32-25)20-10-11-24-23(15-20)26(33-31-24)19-8-5-9-22(14-19)29-28(36)21-12-17-6-3-4-7-18(17)13-21/h3-11,14-15,21H,12-13,16H2,1-2H3,(H,29,36)(H,31,33)(H,30,32,34). The molecule has 0 aliphatic heterocycles. The second-order valence-corrected chi connectivity index (χ2v) is 9.62. The van der Waals surface area contributed by atoms with Crippen LogP contribution in [0.25, 0.3) is 33.5 Å². The molecule has 3 aromatic carbocycles. The molecule has 5 aromatic rings. The highest BCUT2D eigenvalue weighted by atomic mass is 16.1. The Balaban J connectivity index is 1.25. The average Bonchev–Trinajstić information content (AvgIpc) is 3.61. The van der Waals surface area contributed by atoms with Crippen LogP contribution in [-0.4, -0.2) is 50.3 Å². The maximum Gasteiger partial charge on any atom is 0.228 e. The Morgan fingerprint density at radius 3 is 2.53 bits per heavy atom. The fourth-order valence-corrected chi connectivity index (χ4v) is 4.90. The SMILES string of the molecule is CN(C)Cc1nc(-c2ccc3[nH]nc(-c4cccc(NC(=O)C5Cc6ccccc6C5)c4)c3c2)n[nH]1. The highest BCUT2D eigenvalue weighted by molar-refractivity contribution is 5.97. The molecule has 3 N–H and O–H groups in total. The highest BCUT2D eigenvalue weighted by Crippen LogP contribution is 2.32. The third-order valence-corrected chi connectivity index (χ3v) is 6.64. The third kappa shape index (κ3) is 4.27. The fourth-order valence-electron chi connectivity index (χ4n) is 4.90. The summed E-state index contributed by atoms with van der Waals surface area (Å²) >= 11 is 0. The third-order valence-electron chi connectivity index (χ3n) is 6.64. The molecule has 0 unspecified atom stereocenters. The van der Waals surface area contributed by atoms with Crippen molar-refractivity contribution in [1.82, 2.24) is 30.3 Å². The van der Waals surface area contributed by atoms with Crippen LogP contribution >= 0.6 is 0 Å². The monoisotopic (exact) mass is 477 g/mol. The van der Waals surface area contributed by atoms with Gasteiger partial charge in [0.05, 0.1) is 17.8 Å². The van der Waals surface area contributed by atoms with Crippen molar-refractivity contribution in [2.24, 2.45) is 5.92 Å². The van der Waals surface area contributed by atoms with E-state index in [1.807, 2.05) is 67.5 Å². The molecule has 8 nitrogen and oxygen atoms in total. The highest BCUT2D eigenvalue weighted by Gasteiger charge is 2.27.